The minimum absolute atomic E-state index is 0.0177. The van der Waals surface area contributed by atoms with Gasteiger partial charge in [-0.05, 0) is 70.6 Å². The van der Waals surface area contributed by atoms with Crippen molar-refractivity contribution in [2.45, 2.75) is 264 Å². The number of phosphoric acid groups is 1. The number of likely N-dealkylation sites (N-methyl/N-ethyl adjacent to an activating group) is 1. The highest BCUT2D eigenvalue weighted by atomic mass is 31.2. The third kappa shape index (κ3) is 56.7. The maximum absolute atomic E-state index is 12.7. The Bertz CT molecular complexity index is 1450. The molecule has 0 aliphatic rings. The molecular weight excluding hydrogens is 918 g/mol. The molecule has 0 aliphatic heterocycles. The predicted octanol–water partition coefficient (Wildman–Crippen LogP) is 18.5. The van der Waals surface area contributed by atoms with Crippen molar-refractivity contribution in [3.05, 3.63) is 72.9 Å². The number of quaternary nitrogens is 1. The van der Waals surface area contributed by atoms with E-state index in [0.717, 1.165) is 51.4 Å². The van der Waals surface area contributed by atoms with E-state index < -0.39 is 26.5 Å². The molecule has 0 amide bonds. The van der Waals surface area contributed by atoms with Gasteiger partial charge in [-0.15, -0.1) is 0 Å². The van der Waals surface area contributed by atoms with Gasteiger partial charge in [0.1, 0.15) is 19.8 Å². The zero-order chi connectivity index (χ0) is 52.7. The van der Waals surface area contributed by atoms with Crippen LogP contribution in [-0.4, -0.2) is 74.9 Å². The van der Waals surface area contributed by atoms with Gasteiger partial charge in [0.2, 0.25) is 0 Å². The standard InChI is InChI=1S/C62H112NO8P/c1-6-8-10-12-14-16-18-20-21-22-23-24-25-26-27-28-29-30-31-32-33-34-35-36-37-38-39-40-41-43-44-46-48-50-52-54-61(64)68-58-60(59-70-72(66,67)69-57-56-63(3,4)5)71-62(65)55-53-51-49-47-45-42-19-17-15-13-11-9-7-2/h9,11,15,17-18,20,22-23,42,45,49,51,60H,6-8,10,12-14,16,19,21,24-41,43-44,46-48,50,52-59H2,1-5H3/p+1/b11-9-,17-15-,20-18-,23-22-,45-42-,51-49-. The Balaban J connectivity index is 3.96. The average molecular weight is 1030 g/mol. The van der Waals surface area contributed by atoms with Crippen LogP contribution in [0.3, 0.4) is 0 Å². The van der Waals surface area contributed by atoms with Crippen LogP contribution >= 0.6 is 7.82 Å². The van der Waals surface area contributed by atoms with Crippen molar-refractivity contribution in [2.24, 2.45) is 0 Å². The van der Waals surface area contributed by atoms with Gasteiger partial charge >= 0.3 is 19.8 Å². The molecule has 1 N–H and O–H groups in total. The van der Waals surface area contributed by atoms with Gasteiger partial charge in [0, 0.05) is 12.8 Å². The number of carbonyl (C=O) groups is 2. The number of carbonyl (C=O) groups excluding carboxylic acids is 2. The zero-order valence-electron chi connectivity index (χ0n) is 47.4. The van der Waals surface area contributed by atoms with Crippen LogP contribution in [0.4, 0.5) is 0 Å². The van der Waals surface area contributed by atoms with Crippen LogP contribution in [0, 0.1) is 0 Å². The van der Waals surface area contributed by atoms with E-state index in [1.54, 1.807) is 0 Å². The third-order valence-corrected chi connectivity index (χ3v) is 13.7. The first-order valence-electron chi connectivity index (χ1n) is 29.7. The molecular formula is C62H113NO8P+. The average Bonchev–Trinajstić information content (AvgIpc) is 3.34. The molecule has 0 fully saturated rings. The Hall–Kier alpha value is -2.55. The number of allylic oxidation sites excluding steroid dienone is 12. The summed E-state index contributed by atoms with van der Waals surface area (Å²) >= 11 is 0. The highest BCUT2D eigenvalue weighted by Crippen LogP contribution is 2.43. The van der Waals surface area contributed by atoms with Crippen LogP contribution in [0.15, 0.2) is 72.9 Å². The van der Waals surface area contributed by atoms with E-state index in [4.69, 9.17) is 18.5 Å². The first-order chi connectivity index (χ1) is 35.0. The molecule has 0 radical (unpaired) electrons. The largest absolute Gasteiger partial charge is 0.472 e. The smallest absolute Gasteiger partial charge is 0.462 e. The van der Waals surface area contributed by atoms with Crippen LogP contribution in [0.25, 0.3) is 0 Å². The lowest BCUT2D eigenvalue weighted by atomic mass is 10.0. The molecule has 0 heterocycles. The van der Waals surface area contributed by atoms with Crippen LogP contribution in [-0.2, 0) is 32.7 Å². The number of phosphoric ester groups is 1. The summed E-state index contributed by atoms with van der Waals surface area (Å²) in [5.41, 5.74) is 0. The summed E-state index contributed by atoms with van der Waals surface area (Å²) in [7, 11) is 1.43. The molecule has 0 aliphatic carbocycles. The number of hydrogen-bond acceptors (Lipinski definition) is 7. The number of rotatable bonds is 54. The predicted molar refractivity (Wildman–Crippen MR) is 307 cm³/mol. The Morgan fingerprint density at radius 2 is 0.819 bits per heavy atom. The molecule has 0 aromatic heterocycles. The van der Waals surface area contributed by atoms with E-state index in [1.165, 1.54) is 173 Å². The molecule has 418 valence electrons. The van der Waals surface area contributed by atoms with Crippen molar-refractivity contribution in [1.82, 2.24) is 0 Å². The van der Waals surface area contributed by atoms with Gasteiger partial charge in [-0.1, -0.05) is 247 Å². The quantitative estimate of drug-likeness (QED) is 0.0211. The minimum atomic E-state index is -4.40. The van der Waals surface area contributed by atoms with E-state index in [9.17, 15) is 19.0 Å². The molecule has 0 aromatic carbocycles. The van der Waals surface area contributed by atoms with E-state index in [1.807, 2.05) is 33.3 Å². The Morgan fingerprint density at radius 1 is 0.444 bits per heavy atom. The van der Waals surface area contributed by atoms with Gasteiger partial charge in [-0.2, -0.15) is 0 Å². The second-order valence-electron chi connectivity index (χ2n) is 21.0. The second kappa shape index (κ2) is 53.3. The summed E-state index contributed by atoms with van der Waals surface area (Å²) in [4.78, 5) is 35.5. The summed E-state index contributed by atoms with van der Waals surface area (Å²) in [5, 5.41) is 0. The molecule has 9 nitrogen and oxygen atoms in total. The molecule has 0 aromatic rings. The lowest BCUT2D eigenvalue weighted by Gasteiger charge is -2.24. The van der Waals surface area contributed by atoms with Crippen LogP contribution < -0.4 is 0 Å². The molecule has 0 rings (SSSR count). The van der Waals surface area contributed by atoms with Crippen LogP contribution in [0.2, 0.25) is 0 Å². The molecule has 0 saturated carbocycles. The molecule has 2 atom stereocenters. The van der Waals surface area contributed by atoms with Crippen molar-refractivity contribution in [3.63, 3.8) is 0 Å². The fourth-order valence-corrected chi connectivity index (χ4v) is 8.92. The van der Waals surface area contributed by atoms with Crippen LogP contribution in [0.1, 0.15) is 258 Å². The maximum Gasteiger partial charge on any atom is 0.472 e. The SMILES string of the molecule is CC/C=C\C/C=C\C/C=C\C/C=C\CCC(=O)OC(COC(=O)CCCCCCCCCCCCCCCCCCCCCCCCC/C=C\C/C=C\CCCCCCC)COP(=O)(O)OCC[N+](C)(C)C. The molecule has 2 unspecified atom stereocenters. The lowest BCUT2D eigenvalue weighted by molar-refractivity contribution is -0.870. The number of nitrogens with zero attached hydrogens (tertiary/aromatic N) is 1. The van der Waals surface area contributed by atoms with Gasteiger partial charge in [-0.25, -0.2) is 4.57 Å². The van der Waals surface area contributed by atoms with E-state index in [-0.39, 0.29) is 32.0 Å². The molecule has 0 saturated heterocycles. The normalized spacial score (nSPS) is 13.8. The van der Waals surface area contributed by atoms with E-state index >= 15 is 0 Å². The molecule has 0 bridgehead atoms. The van der Waals surface area contributed by atoms with Gasteiger partial charge in [0.15, 0.2) is 6.10 Å². The lowest BCUT2D eigenvalue weighted by Crippen LogP contribution is -2.37. The summed E-state index contributed by atoms with van der Waals surface area (Å²) < 4.78 is 34.4. The van der Waals surface area contributed by atoms with Crippen molar-refractivity contribution in [2.75, 3.05) is 47.5 Å². The molecule has 10 heteroatoms. The van der Waals surface area contributed by atoms with Gasteiger partial charge in [0.25, 0.3) is 0 Å². The first kappa shape index (κ1) is 69.5. The molecule has 72 heavy (non-hydrogen) atoms. The summed E-state index contributed by atoms with van der Waals surface area (Å²) in [6.07, 6.45) is 70.3. The Morgan fingerprint density at radius 3 is 1.24 bits per heavy atom. The number of esters is 2. The van der Waals surface area contributed by atoms with Crippen molar-refractivity contribution in [3.8, 4) is 0 Å². The Labute approximate surface area is 444 Å². The third-order valence-electron chi connectivity index (χ3n) is 12.7. The fraction of sp³-hybridized carbons (Fsp3) is 0.774. The maximum atomic E-state index is 12.7. The minimum Gasteiger partial charge on any atom is -0.462 e. The number of unbranched alkanes of at least 4 members (excludes halogenated alkanes) is 28. The first-order valence-corrected chi connectivity index (χ1v) is 31.2. The second-order valence-corrected chi connectivity index (χ2v) is 22.5. The molecule has 0 spiro atoms. The highest BCUT2D eigenvalue weighted by molar-refractivity contribution is 7.47. The Kier molecular flexibility index (Phi) is 51.4. The number of ether oxygens (including phenoxy) is 2. The van der Waals surface area contributed by atoms with Gasteiger partial charge in [0.05, 0.1) is 27.7 Å². The monoisotopic (exact) mass is 1030 g/mol. The summed E-state index contributed by atoms with van der Waals surface area (Å²) in [6, 6.07) is 0. The van der Waals surface area contributed by atoms with Crippen molar-refractivity contribution in [1.29, 1.82) is 0 Å². The summed E-state index contributed by atoms with van der Waals surface area (Å²) in [5.74, 6) is -0.888. The van der Waals surface area contributed by atoms with Gasteiger partial charge < -0.3 is 18.9 Å². The zero-order valence-corrected chi connectivity index (χ0v) is 48.3. The summed E-state index contributed by atoms with van der Waals surface area (Å²) in [6.45, 7) is 4.23. The van der Waals surface area contributed by atoms with Crippen LogP contribution in [0.5, 0.6) is 0 Å². The topological polar surface area (TPSA) is 108 Å². The van der Waals surface area contributed by atoms with Gasteiger partial charge in [-0.3, -0.25) is 18.6 Å². The number of hydrogen-bond donors (Lipinski definition) is 1. The van der Waals surface area contributed by atoms with E-state index in [2.05, 4.69) is 74.6 Å². The van der Waals surface area contributed by atoms with Crippen molar-refractivity contribution < 1.29 is 42.1 Å². The fourth-order valence-electron chi connectivity index (χ4n) is 8.18. The van der Waals surface area contributed by atoms with Crippen molar-refractivity contribution >= 4 is 19.8 Å². The van der Waals surface area contributed by atoms with E-state index in [0.29, 0.717) is 17.4 Å². The highest BCUT2D eigenvalue weighted by Gasteiger charge is 2.27.